The first-order valence-electron chi connectivity index (χ1n) is 8.21. The zero-order valence-electron chi connectivity index (χ0n) is 14.6. The van der Waals surface area contributed by atoms with Crippen LogP contribution in [-0.4, -0.2) is 17.1 Å². The van der Waals surface area contributed by atoms with Crippen LogP contribution in [0.2, 0.25) is 0 Å². The number of hydrogen-bond acceptors (Lipinski definition) is 6. The van der Waals surface area contributed by atoms with Crippen LogP contribution in [0.4, 0.5) is 16.5 Å². The first kappa shape index (κ1) is 16.9. The second kappa shape index (κ2) is 6.98. The number of fused-ring (bicyclic) bond motifs is 1. The van der Waals surface area contributed by atoms with Gasteiger partial charge >= 0.3 is 0 Å². The van der Waals surface area contributed by atoms with Crippen LogP contribution in [0, 0.1) is 12.3 Å². The number of benzene rings is 2. The van der Waals surface area contributed by atoms with Crippen LogP contribution in [-0.2, 0) is 0 Å². The smallest absolute Gasteiger partial charge is 0.163 e. The lowest BCUT2D eigenvalue weighted by Crippen LogP contribution is -1.96. The summed E-state index contributed by atoms with van der Waals surface area (Å²) in [6.07, 6.45) is 5.48. The zero-order valence-corrected chi connectivity index (χ0v) is 15.4. The molecule has 0 saturated heterocycles. The molecule has 5 nitrogen and oxygen atoms in total. The Bertz CT molecular complexity index is 1180. The molecular weight excluding hydrogens is 356 g/mol. The molecule has 0 unspecified atom stereocenters. The summed E-state index contributed by atoms with van der Waals surface area (Å²) in [4.78, 5) is 9.94. The summed E-state index contributed by atoms with van der Waals surface area (Å²) in [5.41, 5.74) is 8.73. The van der Waals surface area contributed by atoms with Gasteiger partial charge in [0.1, 0.15) is 16.4 Å². The molecule has 0 saturated carbocycles. The maximum atomic E-state index is 6.18. The zero-order chi connectivity index (χ0) is 18.8. The minimum atomic E-state index is 0.441. The van der Waals surface area contributed by atoms with Gasteiger partial charge in [-0.15, -0.1) is 6.42 Å². The molecule has 0 bridgehead atoms. The number of hydrogen-bond donors (Lipinski definition) is 2. The summed E-state index contributed by atoms with van der Waals surface area (Å²) in [6, 6.07) is 17.2. The van der Waals surface area contributed by atoms with Gasteiger partial charge in [0.2, 0.25) is 0 Å². The van der Waals surface area contributed by atoms with Gasteiger partial charge in [0.05, 0.1) is 17.5 Å². The van der Waals surface area contributed by atoms with Crippen LogP contribution < -0.4 is 15.8 Å². The highest BCUT2D eigenvalue weighted by atomic mass is 32.1. The van der Waals surface area contributed by atoms with Gasteiger partial charge < -0.3 is 15.8 Å². The molecule has 4 aromatic rings. The fourth-order valence-corrected chi connectivity index (χ4v) is 3.68. The third-order valence-electron chi connectivity index (χ3n) is 4.05. The van der Waals surface area contributed by atoms with E-state index in [9.17, 15) is 0 Å². The molecule has 0 spiro atoms. The highest BCUT2D eigenvalue weighted by Crippen LogP contribution is 2.35. The van der Waals surface area contributed by atoms with Gasteiger partial charge in [-0.05, 0) is 30.3 Å². The molecular formula is C21H16N4OS. The van der Waals surface area contributed by atoms with Crippen LogP contribution in [0.25, 0.3) is 21.6 Å². The van der Waals surface area contributed by atoms with E-state index in [1.165, 1.54) is 11.3 Å². The van der Waals surface area contributed by atoms with Crippen molar-refractivity contribution in [1.29, 1.82) is 0 Å². The van der Waals surface area contributed by atoms with Gasteiger partial charge in [-0.1, -0.05) is 35.5 Å². The topological polar surface area (TPSA) is 73.1 Å². The van der Waals surface area contributed by atoms with Crippen LogP contribution in [0.3, 0.4) is 0 Å². The molecule has 0 atom stereocenters. The number of nitrogens with zero attached hydrogens (tertiary/aromatic N) is 2. The van der Waals surface area contributed by atoms with Gasteiger partial charge in [-0.3, -0.25) is 0 Å². The number of ether oxygens (including phenoxy) is 1. The highest BCUT2D eigenvalue weighted by molar-refractivity contribution is 7.22. The Morgan fingerprint density at radius 3 is 2.78 bits per heavy atom. The predicted molar refractivity (Wildman–Crippen MR) is 111 cm³/mol. The van der Waals surface area contributed by atoms with E-state index in [2.05, 4.69) is 21.2 Å². The predicted octanol–water partition coefficient (Wildman–Crippen LogP) is 4.67. The third-order valence-corrected chi connectivity index (χ3v) is 4.99. The highest BCUT2D eigenvalue weighted by Gasteiger charge is 2.12. The average Bonchev–Trinajstić information content (AvgIpc) is 3.11. The molecule has 3 N–H and O–H groups in total. The van der Waals surface area contributed by atoms with Gasteiger partial charge in [-0.25, -0.2) is 9.97 Å². The molecule has 0 aliphatic rings. The summed E-state index contributed by atoms with van der Waals surface area (Å²) >= 11 is 1.52. The third kappa shape index (κ3) is 3.41. The molecule has 2 heterocycles. The monoisotopic (exact) mass is 372 g/mol. The Kier molecular flexibility index (Phi) is 4.37. The van der Waals surface area contributed by atoms with Crippen molar-refractivity contribution in [2.45, 2.75) is 0 Å². The van der Waals surface area contributed by atoms with E-state index < -0.39 is 0 Å². The number of nitrogens with one attached hydrogen (secondary N) is 1. The fraction of sp³-hybridized carbons (Fsp3) is 0.0476. The van der Waals surface area contributed by atoms with Crippen LogP contribution in [0.1, 0.15) is 5.56 Å². The van der Waals surface area contributed by atoms with Crippen molar-refractivity contribution in [3.8, 4) is 29.5 Å². The Hall–Kier alpha value is -3.56. The average molecular weight is 372 g/mol. The number of nitrogen functional groups attached to an aromatic ring is 1. The van der Waals surface area contributed by atoms with Crippen molar-refractivity contribution in [1.82, 2.24) is 9.97 Å². The number of thiophene rings is 1. The number of anilines is 3. The van der Waals surface area contributed by atoms with Crippen LogP contribution >= 0.6 is 11.3 Å². The lowest BCUT2D eigenvalue weighted by Gasteiger charge is -2.05. The second-order valence-electron chi connectivity index (χ2n) is 5.84. The number of nitrogens with two attached hydrogens (primary N) is 1. The van der Waals surface area contributed by atoms with Crippen molar-refractivity contribution >= 4 is 38.1 Å². The Morgan fingerprint density at radius 2 is 1.96 bits per heavy atom. The number of aromatic nitrogens is 2. The molecule has 0 amide bonds. The van der Waals surface area contributed by atoms with Crippen LogP contribution in [0.5, 0.6) is 5.75 Å². The lowest BCUT2D eigenvalue weighted by atomic mass is 10.1. The Labute approximate surface area is 160 Å². The van der Waals surface area contributed by atoms with Crippen molar-refractivity contribution in [2.24, 2.45) is 0 Å². The summed E-state index contributed by atoms with van der Waals surface area (Å²) in [5.74, 6) is 4.42. The number of rotatable bonds is 4. The van der Waals surface area contributed by atoms with E-state index >= 15 is 0 Å². The van der Waals surface area contributed by atoms with Gasteiger partial charge in [-0.2, -0.15) is 0 Å². The molecule has 0 radical (unpaired) electrons. The molecule has 0 aliphatic carbocycles. The number of methoxy groups -OCH3 is 1. The largest absolute Gasteiger partial charge is 0.497 e. The fourth-order valence-electron chi connectivity index (χ4n) is 2.73. The van der Waals surface area contributed by atoms with Gasteiger partial charge in [0.25, 0.3) is 0 Å². The molecule has 2 aromatic carbocycles. The maximum absolute atomic E-state index is 6.18. The lowest BCUT2D eigenvalue weighted by molar-refractivity contribution is 0.415. The normalized spacial score (nSPS) is 10.5. The van der Waals surface area contributed by atoms with Crippen molar-refractivity contribution in [3.63, 3.8) is 0 Å². The van der Waals surface area contributed by atoms with Crippen molar-refractivity contribution in [2.75, 3.05) is 18.2 Å². The Balaban J connectivity index is 1.72. The summed E-state index contributed by atoms with van der Waals surface area (Å²) in [7, 11) is 1.64. The Morgan fingerprint density at radius 1 is 1.11 bits per heavy atom. The van der Waals surface area contributed by atoms with E-state index in [1.807, 2.05) is 54.6 Å². The van der Waals surface area contributed by atoms with Crippen molar-refractivity contribution < 1.29 is 4.74 Å². The molecule has 132 valence electrons. The molecule has 4 rings (SSSR count). The SMILES string of the molecule is C#Cc1cccc(-c2nc(N)c3cc(Nc4cccc(OC)c4)sc3n2)c1. The molecule has 2 aromatic heterocycles. The maximum Gasteiger partial charge on any atom is 0.163 e. The molecule has 0 aliphatic heterocycles. The molecule has 27 heavy (non-hydrogen) atoms. The first-order valence-corrected chi connectivity index (χ1v) is 9.03. The molecule has 0 fully saturated rings. The van der Waals surface area contributed by atoms with Crippen molar-refractivity contribution in [3.05, 3.63) is 60.2 Å². The first-order chi connectivity index (χ1) is 13.2. The van der Waals surface area contributed by atoms with Gasteiger partial charge in [0.15, 0.2) is 5.82 Å². The van der Waals surface area contributed by atoms with E-state index in [0.717, 1.165) is 37.8 Å². The summed E-state index contributed by atoms with van der Waals surface area (Å²) in [6.45, 7) is 0. The second-order valence-corrected chi connectivity index (χ2v) is 6.87. The quantitative estimate of drug-likeness (QED) is 0.509. The van der Waals surface area contributed by atoms with E-state index in [1.54, 1.807) is 7.11 Å². The summed E-state index contributed by atoms with van der Waals surface area (Å²) in [5, 5.41) is 5.11. The molecule has 6 heteroatoms. The van der Waals surface area contributed by atoms with Crippen LogP contribution in [0.15, 0.2) is 54.6 Å². The summed E-state index contributed by atoms with van der Waals surface area (Å²) < 4.78 is 5.26. The van der Waals surface area contributed by atoms with Gasteiger partial charge in [0, 0.05) is 22.9 Å². The van der Waals surface area contributed by atoms with E-state index in [-0.39, 0.29) is 0 Å². The number of terminal acetylenes is 1. The minimum absolute atomic E-state index is 0.441. The standard InChI is InChI=1S/C21H16N4OS/c1-3-13-6-4-7-14(10-13)20-24-19(22)17-12-18(27-21(17)25-20)23-15-8-5-9-16(11-15)26-2/h1,4-12,23H,2H3,(H2,22,24,25). The van der Waals surface area contributed by atoms with E-state index in [4.69, 9.17) is 16.9 Å². The van der Waals surface area contributed by atoms with E-state index in [0.29, 0.717) is 11.6 Å². The minimum Gasteiger partial charge on any atom is -0.497 e.